The highest BCUT2D eigenvalue weighted by atomic mass is 16.3. The molecule has 65 heavy (non-hydrogen) atoms. The van der Waals surface area contributed by atoms with Gasteiger partial charge in [0.2, 0.25) is 5.71 Å². The van der Waals surface area contributed by atoms with Gasteiger partial charge >= 0.3 is 0 Å². The van der Waals surface area contributed by atoms with Gasteiger partial charge in [-0.05, 0) is 79.5 Å². The zero-order valence-corrected chi connectivity index (χ0v) is 35.0. The highest BCUT2D eigenvalue weighted by molar-refractivity contribution is 6.06. The average molecular weight is 835 g/mol. The van der Waals surface area contributed by atoms with Crippen LogP contribution in [0.5, 0.6) is 5.75 Å². The van der Waals surface area contributed by atoms with Crippen LogP contribution in [0.1, 0.15) is 0 Å². The van der Waals surface area contributed by atoms with E-state index in [4.69, 9.17) is 14.4 Å². The van der Waals surface area contributed by atoms with Crippen molar-refractivity contribution >= 4 is 33.0 Å². The molecule has 6 heteroatoms. The highest BCUT2D eigenvalue weighted by Gasteiger charge is 2.24. The van der Waals surface area contributed by atoms with Gasteiger partial charge in [-0.3, -0.25) is 4.57 Å². The van der Waals surface area contributed by atoms with E-state index in [0.717, 1.165) is 83.5 Å². The summed E-state index contributed by atoms with van der Waals surface area (Å²) >= 11 is 0. The molecule has 0 atom stereocenters. The molecule has 0 bridgehead atoms. The second kappa shape index (κ2) is 15.8. The molecule has 0 aliphatic rings. The number of nitrogens with zero attached hydrogens (tertiary/aromatic N) is 4. The second-order valence-electron chi connectivity index (χ2n) is 16.1. The first-order valence-corrected chi connectivity index (χ1v) is 21.6. The first-order valence-electron chi connectivity index (χ1n) is 21.6. The SMILES string of the molecule is Oc1ccnc2oc3ccc(-c4cn(-c5c(-c6ccccc6)cccc5-c5ccccc5)c(-c5cccc6ccc(-c7c(-c8ccccc8)cccc7-c7ccccc7)cc56)n4)nc3c12. The van der Waals surface area contributed by atoms with Crippen LogP contribution in [0, 0.1) is 0 Å². The van der Waals surface area contributed by atoms with E-state index in [1.54, 1.807) is 6.07 Å². The van der Waals surface area contributed by atoms with Crippen molar-refractivity contribution < 1.29 is 9.52 Å². The Kier molecular flexibility index (Phi) is 9.20. The Bertz CT molecular complexity index is 3600. The first kappa shape index (κ1) is 37.9. The Labute approximate surface area is 375 Å². The molecule has 12 rings (SSSR count). The van der Waals surface area contributed by atoms with Gasteiger partial charge in [-0.1, -0.05) is 188 Å². The maximum absolute atomic E-state index is 11.0. The molecular weight excluding hydrogens is 797 g/mol. The van der Waals surface area contributed by atoms with E-state index < -0.39 is 0 Å². The third-order valence-corrected chi connectivity index (χ3v) is 12.3. The molecule has 0 spiro atoms. The third-order valence-electron chi connectivity index (χ3n) is 12.3. The smallest absolute Gasteiger partial charge is 0.232 e. The van der Waals surface area contributed by atoms with Crippen LogP contribution < -0.4 is 0 Å². The largest absolute Gasteiger partial charge is 0.507 e. The van der Waals surface area contributed by atoms with Gasteiger partial charge in [0.25, 0.3) is 0 Å². The zero-order chi connectivity index (χ0) is 43.3. The monoisotopic (exact) mass is 834 g/mol. The molecule has 8 aromatic carbocycles. The van der Waals surface area contributed by atoms with E-state index in [-0.39, 0.29) is 5.75 Å². The molecule has 0 aliphatic carbocycles. The number of furan rings is 1. The fraction of sp³-hybridized carbons (Fsp3) is 0. The number of benzene rings is 8. The molecule has 12 aromatic rings. The zero-order valence-electron chi connectivity index (χ0n) is 35.0. The van der Waals surface area contributed by atoms with Crippen LogP contribution in [-0.2, 0) is 0 Å². The van der Waals surface area contributed by atoms with Crippen molar-refractivity contribution in [2.24, 2.45) is 0 Å². The fourth-order valence-corrected chi connectivity index (χ4v) is 9.26. The van der Waals surface area contributed by atoms with E-state index in [0.29, 0.717) is 33.6 Å². The van der Waals surface area contributed by atoms with Crippen LogP contribution in [0.3, 0.4) is 0 Å². The maximum Gasteiger partial charge on any atom is 0.232 e. The number of imidazole rings is 1. The number of rotatable bonds is 8. The minimum Gasteiger partial charge on any atom is -0.507 e. The number of aromatic nitrogens is 4. The summed E-state index contributed by atoms with van der Waals surface area (Å²) in [7, 11) is 0. The summed E-state index contributed by atoms with van der Waals surface area (Å²) in [6.45, 7) is 0. The summed E-state index contributed by atoms with van der Waals surface area (Å²) in [4.78, 5) is 15.1. The Balaban J connectivity index is 1.15. The standard InChI is InChI=1S/C59H38N4O2/c64-52-34-35-60-59-55(52)56-53(65-59)33-32-50(61-56)51-37-63(57-46(40-20-9-3-10-21-40)27-15-28-47(57)41-22-11-4-12-23-41)58(62-51)48-29-13-24-42-30-31-43(36-49(42)48)54-44(38-16-5-1-6-17-38)25-14-26-45(54)39-18-7-2-8-19-39/h1-37H,(H,60,64). The Hall–Kier alpha value is -8.87. The van der Waals surface area contributed by atoms with Crippen molar-refractivity contribution in [1.82, 2.24) is 19.5 Å². The molecule has 4 heterocycles. The van der Waals surface area contributed by atoms with Crippen LogP contribution >= 0.6 is 0 Å². The van der Waals surface area contributed by atoms with E-state index >= 15 is 0 Å². The van der Waals surface area contributed by atoms with Crippen molar-refractivity contribution in [3.05, 3.63) is 225 Å². The van der Waals surface area contributed by atoms with E-state index in [1.807, 2.05) is 24.3 Å². The van der Waals surface area contributed by atoms with Gasteiger partial charge in [-0.2, -0.15) is 0 Å². The Morgan fingerprint density at radius 1 is 0.446 bits per heavy atom. The molecule has 1 N–H and O–H groups in total. The molecular formula is C59H38N4O2. The van der Waals surface area contributed by atoms with Gasteiger partial charge in [0, 0.05) is 29.1 Å². The van der Waals surface area contributed by atoms with E-state index in [1.165, 1.54) is 6.20 Å². The summed E-state index contributed by atoms with van der Waals surface area (Å²) in [5.74, 6) is 0.816. The minimum absolute atomic E-state index is 0.0599. The third kappa shape index (κ3) is 6.64. The van der Waals surface area contributed by atoms with Crippen molar-refractivity contribution in [1.29, 1.82) is 0 Å². The Morgan fingerprint density at radius 3 is 1.62 bits per heavy atom. The van der Waals surface area contributed by atoms with Crippen LogP contribution in [-0.4, -0.2) is 24.6 Å². The summed E-state index contributed by atoms with van der Waals surface area (Å²) in [6.07, 6.45) is 3.63. The van der Waals surface area contributed by atoms with Crippen LogP contribution in [0.15, 0.2) is 229 Å². The van der Waals surface area contributed by atoms with Gasteiger partial charge in [-0.25, -0.2) is 15.0 Å². The van der Waals surface area contributed by atoms with Gasteiger partial charge in [0.05, 0.1) is 11.4 Å². The molecule has 0 aliphatic heterocycles. The van der Waals surface area contributed by atoms with Gasteiger partial charge in [0.15, 0.2) is 5.58 Å². The summed E-state index contributed by atoms with van der Waals surface area (Å²) < 4.78 is 8.27. The molecule has 6 nitrogen and oxygen atoms in total. The maximum atomic E-state index is 11.0. The molecule has 0 fully saturated rings. The summed E-state index contributed by atoms with van der Waals surface area (Å²) in [6, 6.07) is 74.0. The lowest BCUT2D eigenvalue weighted by Gasteiger charge is -2.20. The van der Waals surface area contributed by atoms with Crippen LogP contribution in [0.4, 0.5) is 0 Å². The van der Waals surface area contributed by atoms with Crippen LogP contribution in [0.25, 0.3) is 117 Å². The van der Waals surface area contributed by atoms with Gasteiger partial charge < -0.3 is 9.52 Å². The van der Waals surface area contributed by atoms with E-state index in [2.05, 4.69) is 198 Å². The number of fused-ring (bicyclic) bond motifs is 4. The van der Waals surface area contributed by atoms with Crippen molar-refractivity contribution in [2.45, 2.75) is 0 Å². The molecule has 306 valence electrons. The van der Waals surface area contributed by atoms with Gasteiger partial charge in [0.1, 0.15) is 28.2 Å². The predicted octanol–water partition coefficient (Wildman–Crippen LogP) is 15.1. The number of hydrogen-bond acceptors (Lipinski definition) is 5. The fourth-order valence-electron chi connectivity index (χ4n) is 9.26. The Morgan fingerprint density at radius 2 is 1.00 bits per heavy atom. The second-order valence-corrected chi connectivity index (χ2v) is 16.1. The van der Waals surface area contributed by atoms with Crippen LogP contribution in [0.2, 0.25) is 0 Å². The van der Waals surface area contributed by atoms with Gasteiger partial charge in [-0.15, -0.1) is 0 Å². The molecule has 0 amide bonds. The lowest BCUT2D eigenvalue weighted by atomic mass is 9.86. The number of aromatic hydroxyl groups is 1. The van der Waals surface area contributed by atoms with Crippen molar-refractivity contribution in [2.75, 3.05) is 0 Å². The lowest BCUT2D eigenvalue weighted by molar-refractivity contribution is 0.480. The predicted molar refractivity (Wildman–Crippen MR) is 264 cm³/mol. The normalized spacial score (nSPS) is 11.4. The number of para-hydroxylation sites is 1. The average Bonchev–Trinajstić information content (AvgIpc) is 3.99. The molecule has 0 saturated carbocycles. The van der Waals surface area contributed by atoms with Crippen molar-refractivity contribution in [3.8, 4) is 89.8 Å². The highest BCUT2D eigenvalue weighted by Crippen LogP contribution is 2.44. The topological polar surface area (TPSA) is 77.0 Å². The first-order chi connectivity index (χ1) is 32.2. The number of pyridine rings is 2. The number of hydrogen-bond donors (Lipinski definition) is 1. The molecule has 0 radical (unpaired) electrons. The van der Waals surface area contributed by atoms with Crippen molar-refractivity contribution in [3.63, 3.8) is 0 Å². The molecule has 0 saturated heterocycles. The van der Waals surface area contributed by atoms with E-state index in [9.17, 15) is 5.11 Å². The lowest BCUT2D eigenvalue weighted by Crippen LogP contribution is -2.02. The summed E-state index contributed by atoms with van der Waals surface area (Å²) in [5.41, 5.74) is 15.8. The molecule has 0 unspecified atom stereocenters. The minimum atomic E-state index is 0.0599. The summed E-state index contributed by atoms with van der Waals surface area (Å²) in [5, 5.41) is 13.6. The quantitative estimate of drug-likeness (QED) is 0.165. The molecule has 4 aromatic heterocycles.